The number of amides is 2. The van der Waals surface area contributed by atoms with Crippen LogP contribution in [0, 0.1) is 6.92 Å². The van der Waals surface area contributed by atoms with Gasteiger partial charge in [0.2, 0.25) is 11.8 Å². The molecular weight excluding hydrogens is 316 g/mol. The molecule has 2 aromatic rings. The number of benzene rings is 1. The first kappa shape index (κ1) is 18.5. The fraction of sp³-hybridized carbons (Fsp3) is 0.300. The van der Waals surface area contributed by atoms with E-state index in [1.807, 2.05) is 50.2 Å². The molecule has 1 aromatic carbocycles. The summed E-state index contributed by atoms with van der Waals surface area (Å²) in [7, 11) is 0. The minimum Gasteiger partial charge on any atom is -0.462 e. The number of hydrogen-bond acceptors (Lipinski definition) is 3. The molecule has 0 aliphatic carbocycles. The van der Waals surface area contributed by atoms with Crippen LogP contribution in [-0.2, 0) is 9.59 Å². The Labute approximate surface area is 148 Å². The lowest BCUT2D eigenvalue weighted by molar-refractivity contribution is -0.134. The van der Waals surface area contributed by atoms with Crippen molar-refractivity contribution in [2.24, 2.45) is 0 Å². The Hall–Kier alpha value is -2.82. The monoisotopic (exact) mass is 340 g/mol. The largest absolute Gasteiger partial charge is 0.462 e. The summed E-state index contributed by atoms with van der Waals surface area (Å²) in [4.78, 5) is 26.6. The summed E-state index contributed by atoms with van der Waals surface area (Å²) < 4.78 is 5.42. The molecule has 2 rings (SSSR count). The van der Waals surface area contributed by atoms with Crippen molar-refractivity contribution in [1.82, 2.24) is 4.90 Å². The Kier molecular flexibility index (Phi) is 6.57. The number of nitrogens with zero attached hydrogens (tertiary/aromatic N) is 1. The molecule has 0 saturated carbocycles. The molecule has 5 nitrogen and oxygen atoms in total. The van der Waals surface area contributed by atoms with Gasteiger partial charge in [-0.05, 0) is 50.6 Å². The van der Waals surface area contributed by atoms with Crippen LogP contribution < -0.4 is 5.32 Å². The Balaban J connectivity index is 2.05. The van der Waals surface area contributed by atoms with Gasteiger partial charge in [-0.25, -0.2) is 0 Å². The molecule has 132 valence electrons. The average Bonchev–Trinajstić information content (AvgIpc) is 3.03. The minimum atomic E-state index is -0.573. The van der Waals surface area contributed by atoms with Gasteiger partial charge in [0.05, 0.1) is 0 Å². The summed E-state index contributed by atoms with van der Waals surface area (Å²) in [6.45, 7) is 6.06. The van der Waals surface area contributed by atoms with Gasteiger partial charge in [-0.2, -0.15) is 0 Å². The van der Waals surface area contributed by atoms with E-state index < -0.39 is 6.04 Å². The van der Waals surface area contributed by atoms with E-state index in [1.54, 1.807) is 24.0 Å². The van der Waals surface area contributed by atoms with Crippen molar-refractivity contribution in [3.63, 3.8) is 0 Å². The van der Waals surface area contributed by atoms with Crippen LogP contribution in [-0.4, -0.2) is 29.3 Å². The molecule has 1 atom stereocenters. The third kappa shape index (κ3) is 5.35. The molecule has 0 saturated heterocycles. The van der Waals surface area contributed by atoms with Crippen molar-refractivity contribution in [3.8, 4) is 0 Å². The van der Waals surface area contributed by atoms with Crippen molar-refractivity contribution in [2.75, 3.05) is 11.9 Å². The van der Waals surface area contributed by atoms with Crippen LogP contribution in [0.2, 0.25) is 0 Å². The van der Waals surface area contributed by atoms with Crippen molar-refractivity contribution in [3.05, 3.63) is 60.1 Å². The number of nitrogens with one attached hydrogen (secondary N) is 1. The lowest BCUT2D eigenvalue weighted by Crippen LogP contribution is -2.45. The van der Waals surface area contributed by atoms with Gasteiger partial charge in [0.25, 0.3) is 0 Å². The smallest absolute Gasteiger partial charge is 0.247 e. The molecular formula is C20H24N2O3. The summed E-state index contributed by atoms with van der Waals surface area (Å²) >= 11 is 0. The highest BCUT2D eigenvalue weighted by Gasteiger charge is 2.24. The van der Waals surface area contributed by atoms with Crippen LogP contribution in [0.25, 0.3) is 6.08 Å². The summed E-state index contributed by atoms with van der Waals surface area (Å²) in [5.74, 6) is 0.971. The normalized spacial score (nSPS) is 12.1. The molecule has 0 radical (unpaired) electrons. The van der Waals surface area contributed by atoms with E-state index in [0.717, 1.165) is 12.2 Å². The van der Waals surface area contributed by atoms with E-state index in [0.29, 0.717) is 18.0 Å². The van der Waals surface area contributed by atoms with Crippen molar-refractivity contribution < 1.29 is 14.0 Å². The summed E-state index contributed by atoms with van der Waals surface area (Å²) in [6.07, 6.45) is 3.84. The van der Waals surface area contributed by atoms with Gasteiger partial charge >= 0.3 is 0 Å². The standard InChI is InChI=1S/C20H24N2O3/c1-4-14-22(19(23)13-12-18-11-10-15(2)25-18)16(3)20(24)21-17-8-6-5-7-9-17/h5-13,16H,4,14H2,1-3H3,(H,21,24)/b13-12-/t16-/m1/s1. The molecule has 5 heteroatoms. The Morgan fingerprint density at radius 1 is 1.20 bits per heavy atom. The number of carbonyl (C=O) groups excluding carboxylic acids is 2. The number of hydrogen-bond donors (Lipinski definition) is 1. The van der Waals surface area contributed by atoms with Crippen LogP contribution >= 0.6 is 0 Å². The van der Waals surface area contributed by atoms with Crippen molar-refractivity contribution >= 4 is 23.6 Å². The number of carbonyl (C=O) groups is 2. The van der Waals surface area contributed by atoms with Crippen LogP contribution in [0.5, 0.6) is 0 Å². The predicted octanol–water partition coefficient (Wildman–Crippen LogP) is 3.87. The summed E-state index contributed by atoms with van der Waals surface area (Å²) in [5.41, 5.74) is 0.713. The second-order valence-electron chi connectivity index (χ2n) is 5.84. The molecule has 0 unspecified atom stereocenters. The maximum atomic E-state index is 12.5. The number of aryl methyl sites for hydroxylation is 1. The Morgan fingerprint density at radius 3 is 2.52 bits per heavy atom. The van der Waals surface area contributed by atoms with Crippen molar-refractivity contribution in [2.45, 2.75) is 33.2 Å². The topological polar surface area (TPSA) is 62.6 Å². The predicted molar refractivity (Wildman–Crippen MR) is 99.0 cm³/mol. The van der Waals surface area contributed by atoms with Gasteiger partial charge < -0.3 is 14.6 Å². The third-order valence-electron chi connectivity index (χ3n) is 3.79. The van der Waals surface area contributed by atoms with Crippen molar-refractivity contribution in [1.29, 1.82) is 0 Å². The van der Waals surface area contributed by atoms with Gasteiger partial charge in [0.1, 0.15) is 17.6 Å². The minimum absolute atomic E-state index is 0.213. The number of rotatable bonds is 7. The third-order valence-corrected chi connectivity index (χ3v) is 3.79. The van der Waals surface area contributed by atoms with Crippen LogP contribution in [0.3, 0.4) is 0 Å². The Bertz CT molecular complexity index is 734. The van der Waals surface area contributed by atoms with Gasteiger partial charge in [-0.15, -0.1) is 0 Å². The molecule has 1 heterocycles. The van der Waals surface area contributed by atoms with E-state index in [9.17, 15) is 9.59 Å². The molecule has 0 aliphatic heterocycles. The molecule has 25 heavy (non-hydrogen) atoms. The maximum absolute atomic E-state index is 12.5. The summed E-state index contributed by atoms with van der Waals surface area (Å²) in [6, 6.07) is 12.3. The summed E-state index contributed by atoms with van der Waals surface area (Å²) in [5, 5.41) is 2.84. The molecule has 1 N–H and O–H groups in total. The first-order chi connectivity index (χ1) is 12.0. The molecule has 0 spiro atoms. The number of anilines is 1. The van der Waals surface area contributed by atoms with Crippen LogP contribution in [0.1, 0.15) is 31.8 Å². The lowest BCUT2D eigenvalue weighted by Gasteiger charge is -2.27. The lowest BCUT2D eigenvalue weighted by atomic mass is 10.2. The zero-order chi connectivity index (χ0) is 18.2. The quantitative estimate of drug-likeness (QED) is 0.778. The highest BCUT2D eigenvalue weighted by Crippen LogP contribution is 2.11. The fourth-order valence-corrected chi connectivity index (χ4v) is 2.44. The average molecular weight is 340 g/mol. The van der Waals surface area contributed by atoms with Gasteiger partial charge in [-0.3, -0.25) is 9.59 Å². The first-order valence-electron chi connectivity index (χ1n) is 8.42. The highest BCUT2D eigenvalue weighted by atomic mass is 16.3. The Morgan fingerprint density at radius 2 is 1.92 bits per heavy atom. The van der Waals surface area contributed by atoms with E-state index in [1.165, 1.54) is 6.08 Å². The van der Waals surface area contributed by atoms with Gasteiger partial charge in [0, 0.05) is 18.3 Å². The zero-order valence-corrected chi connectivity index (χ0v) is 14.9. The first-order valence-corrected chi connectivity index (χ1v) is 8.42. The molecule has 2 amide bonds. The van der Waals surface area contributed by atoms with Crippen LogP contribution in [0.15, 0.2) is 53.0 Å². The zero-order valence-electron chi connectivity index (χ0n) is 14.9. The number of para-hydroxylation sites is 1. The van der Waals surface area contributed by atoms with E-state index in [4.69, 9.17) is 4.42 Å². The van der Waals surface area contributed by atoms with E-state index in [2.05, 4.69) is 5.32 Å². The molecule has 0 fully saturated rings. The van der Waals surface area contributed by atoms with E-state index in [-0.39, 0.29) is 11.8 Å². The second kappa shape index (κ2) is 8.87. The second-order valence-corrected chi connectivity index (χ2v) is 5.84. The van der Waals surface area contributed by atoms with E-state index >= 15 is 0 Å². The molecule has 0 bridgehead atoms. The highest BCUT2D eigenvalue weighted by molar-refractivity contribution is 5.99. The van der Waals surface area contributed by atoms with Gasteiger partial charge in [0.15, 0.2) is 0 Å². The SMILES string of the molecule is CCCN(C(=O)/C=C\c1ccc(C)o1)[C@H](C)C(=O)Nc1ccccc1. The van der Waals surface area contributed by atoms with Crippen LogP contribution in [0.4, 0.5) is 5.69 Å². The number of furan rings is 1. The maximum Gasteiger partial charge on any atom is 0.247 e. The van der Waals surface area contributed by atoms with Gasteiger partial charge in [-0.1, -0.05) is 25.1 Å². The molecule has 0 aliphatic rings. The molecule has 1 aromatic heterocycles. The fourth-order valence-electron chi connectivity index (χ4n) is 2.44.